The third-order valence-corrected chi connectivity index (χ3v) is 3.77. The molecule has 0 aliphatic heterocycles. The molecule has 0 radical (unpaired) electrons. The SMILES string of the molecule is Brc1ccc(SCCNCC2CC2)nc1. The standard InChI is InChI=1S/C11H15BrN2S/c12-10-3-4-11(14-8-10)15-6-5-13-7-9-1-2-9/h3-4,8-9,13H,1-2,5-7H2. The number of hydrogen-bond donors (Lipinski definition) is 1. The molecule has 4 heteroatoms. The largest absolute Gasteiger partial charge is 0.316 e. The quantitative estimate of drug-likeness (QED) is 0.643. The highest BCUT2D eigenvalue weighted by Gasteiger charge is 2.19. The van der Waals surface area contributed by atoms with Crippen molar-refractivity contribution in [1.82, 2.24) is 10.3 Å². The minimum Gasteiger partial charge on any atom is -0.316 e. The van der Waals surface area contributed by atoms with Gasteiger partial charge in [0.2, 0.25) is 0 Å². The second-order valence-corrected chi connectivity index (χ2v) is 5.84. The minimum atomic E-state index is 0.973. The Labute approximate surface area is 103 Å². The van der Waals surface area contributed by atoms with E-state index < -0.39 is 0 Å². The summed E-state index contributed by atoms with van der Waals surface area (Å²) >= 11 is 5.18. The molecule has 1 aromatic rings. The molecule has 1 N–H and O–H groups in total. The zero-order valence-corrected chi connectivity index (χ0v) is 11.0. The summed E-state index contributed by atoms with van der Waals surface area (Å²) in [7, 11) is 0. The number of hydrogen-bond acceptors (Lipinski definition) is 3. The van der Waals surface area contributed by atoms with E-state index in [1.165, 1.54) is 19.4 Å². The minimum absolute atomic E-state index is 0.973. The van der Waals surface area contributed by atoms with Gasteiger partial charge >= 0.3 is 0 Å². The molecule has 0 saturated heterocycles. The Morgan fingerprint density at radius 2 is 2.33 bits per heavy atom. The van der Waals surface area contributed by atoms with E-state index >= 15 is 0 Å². The van der Waals surface area contributed by atoms with E-state index in [4.69, 9.17) is 0 Å². The Morgan fingerprint density at radius 3 is 3.00 bits per heavy atom. The van der Waals surface area contributed by atoms with Crippen LogP contribution in [0.2, 0.25) is 0 Å². The van der Waals surface area contributed by atoms with Gasteiger partial charge in [-0.05, 0) is 53.4 Å². The molecule has 1 saturated carbocycles. The van der Waals surface area contributed by atoms with Gasteiger partial charge in [0, 0.05) is 23.0 Å². The molecule has 1 fully saturated rings. The molecule has 15 heavy (non-hydrogen) atoms. The van der Waals surface area contributed by atoms with Gasteiger partial charge in [-0.1, -0.05) is 0 Å². The van der Waals surface area contributed by atoms with Gasteiger partial charge in [-0.25, -0.2) is 4.98 Å². The number of rotatable bonds is 6. The summed E-state index contributed by atoms with van der Waals surface area (Å²) in [5, 5.41) is 4.57. The van der Waals surface area contributed by atoms with Gasteiger partial charge in [0.1, 0.15) is 0 Å². The molecule has 1 aliphatic rings. The average molecular weight is 287 g/mol. The summed E-state index contributed by atoms with van der Waals surface area (Å²) in [5.41, 5.74) is 0. The molecule has 2 rings (SSSR count). The maximum Gasteiger partial charge on any atom is 0.0961 e. The Balaban J connectivity index is 1.58. The van der Waals surface area contributed by atoms with Crippen molar-refractivity contribution in [3.63, 3.8) is 0 Å². The first-order valence-electron chi connectivity index (χ1n) is 5.29. The second kappa shape index (κ2) is 5.87. The van der Waals surface area contributed by atoms with Crippen LogP contribution in [0.1, 0.15) is 12.8 Å². The van der Waals surface area contributed by atoms with Crippen LogP contribution in [-0.4, -0.2) is 23.8 Å². The number of halogens is 1. The molecule has 0 atom stereocenters. The lowest BCUT2D eigenvalue weighted by Gasteiger charge is -2.03. The first-order chi connectivity index (χ1) is 7.34. The fraction of sp³-hybridized carbons (Fsp3) is 0.545. The molecular weight excluding hydrogens is 272 g/mol. The van der Waals surface area contributed by atoms with Crippen LogP contribution < -0.4 is 5.32 Å². The number of aromatic nitrogens is 1. The molecule has 1 aliphatic carbocycles. The Morgan fingerprint density at radius 1 is 1.47 bits per heavy atom. The van der Waals surface area contributed by atoms with Crippen LogP contribution in [0.15, 0.2) is 27.8 Å². The van der Waals surface area contributed by atoms with Gasteiger partial charge in [0.15, 0.2) is 0 Å². The molecule has 1 heterocycles. The molecule has 0 spiro atoms. The Bertz CT molecular complexity index is 298. The number of nitrogens with zero attached hydrogens (tertiary/aromatic N) is 1. The van der Waals surface area contributed by atoms with Crippen molar-refractivity contribution >= 4 is 27.7 Å². The Kier molecular flexibility index (Phi) is 4.47. The maximum absolute atomic E-state index is 4.31. The van der Waals surface area contributed by atoms with Crippen LogP contribution in [0.3, 0.4) is 0 Å². The van der Waals surface area contributed by atoms with Crippen LogP contribution in [0.4, 0.5) is 0 Å². The van der Waals surface area contributed by atoms with Gasteiger partial charge in [0.25, 0.3) is 0 Å². The molecule has 82 valence electrons. The molecule has 0 amide bonds. The monoisotopic (exact) mass is 286 g/mol. The van der Waals surface area contributed by atoms with Gasteiger partial charge in [-0.3, -0.25) is 0 Å². The highest BCUT2D eigenvalue weighted by molar-refractivity contribution is 9.10. The van der Waals surface area contributed by atoms with Crippen LogP contribution in [0, 0.1) is 5.92 Å². The third-order valence-electron chi connectivity index (χ3n) is 2.36. The van der Waals surface area contributed by atoms with E-state index in [1.54, 1.807) is 11.8 Å². The van der Waals surface area contributed by atoms with Crippen LogP contribution in [-0.2, 0) is 0 Å². The fourth-order valence-electron chi connectivity index (χ4n) is 1.30. The first kappa shape index (κ1) is 11.4. The number of pyridine rings is 1. The fourth-order valence-corrected chi connectivity index (χ4v) is 2.29. The summed E-state index contributed by atoms with van der Waals surface area (Å²) in [6.45, 7) is 2.28. The maximum atomic E-state index is 4.31. The van der Waals surface area contributed by atoms with Crippen molar-refractivity contribution in [2.75, 3.05) is 18.8 Å². The first-order valence-corrected chi connectivity index (χ1v) is 7.07. The van der Waals surface area contributed by atoms with Crippen LogP contribution >= 0.6 is 27.7 Å². The van der Waals surface area contributed by atoms with E-state index in [1.807, 2.05) is 12.3 Å². The zero-order chi connectivity index (χ0) is 10.5. The third kappa shape index (κ3) is 4.53. The lowest BCUT2D eigenvalue weighted by atomic mass is 10.4. The topological polar surface area (TPSA) is 24.9 Å². The summed E-state index contributed by atoms with van der Waals surface area (Å²) in [5.74, 6) is 2.07. The molecule has 0 bridgehead atoms. The summed E-state index contributed by atoms with van der Waals surface area (Å²) < 4.78 is 1.04. The molecule has 1 aromatic heterocycles. The zero-order valence-electron chi connectivity index (χ0n) is 8.58. The molecule has 0 aromatic carbocycles. The summed E-state index contributed by atoms with van der Waals surface area (Å²) in [6, 6.07) is 4.09. The Hall–Kier alpha value is -0.0600. The lowest BCUT2D eigenvalue weighted by Crippen LogP contribution is -2.19. The van der Waals surface area contributed by atoms with Crippen molar-refractivity contribution in [3.05, 3.63) is 22.8 Å². The number of nitrogens with one attached hydrogen (secondary N) is 1. The average Bonchev–Trinajstić information content (AvgIpc) is 3.04. The van der Waals surface area contributed by atoms with Crippen molar-refractivity contribution in [3.8, 4) is 0 Å². The van der Waals surface area contributed by atoms with Crippen molar-refractivity contribution in [2.24, 2.45) is 5.92 Å². The molecular formula is C11H15BrN2S. The molecule has 2 nitrogen and oxygen atoms in total. The van der Waals surface area contributed by atoms with E-state index in [-0.39, 0.29) is 0 Å². The van der Waals surface area contributed by atoms with Gasteiger partial charge in [0.05, 0.1) is 5.03 Å². The number of thioether (sulfide) groups is 1. The summed E-state index contributed by atoms with van der Waals surface area (Å²) in [4.78, 5) is 4.31. The van der Waals surface area contributed by atoms with Gasteiger partial charge < -0.3 is 5.32 Å². The van der Waals surface area contributed by atoms with Gasteiger partial charge in [-0.2, -0.15) is 0 Å². The lowest BCUT2D eigenvalue weighted by molar-refractivity contribution is 0.665. The van der Waals surface area contributed by atoms with Crippen LogP contribution in [0.25, 0.3) is 0 Å². The highest BCUT2D eigenvalue weighted by Crippen LogP contribution is 2.27. The molecule has 0 unspecified atom stereocenters. The highest BCUT2D eigenvalue weighted by atomic mass is 79.9. The predicted molar refractivity (Wildman–Crippen MR) is 68.3 cm³/mol. The van der Waals surface area contributed by atoms with Gasteiger partial charge in [-0.15, -0.1) is 11.8 Å². The van der Waals surface area contributed by atoms with Crippen molar-refractivity contribution in [1.29, 1.82) is 0 Å². The second-order valence-electron chi connectivity index (χ2n) is 3.81. The van der Waals surface area contributed by atoms with Crippen LogP contribution in [0.5, 0.6) is 0 Å². The van der Waals surface area contributed by atoms with E-state index in [9.17, 15) is 0 Å². The van der Waals surface area contributed by atoms with E-state index in [0.717, 1.165) is 27.7 Å². The normalized spacial score (nSPS) is 15.5. The smallest absolute Gasteiger partial charge is 0.0961 e. The van der Waals surface area contributed by atoms with Crippen molar-refractivity contribution < 1.29 is 0 Å². The van der Waals surface area contributed by atoms with E-state index in [2.05, 4.69) is 32.3 Å². The predicted octanol–water partition coefficient (Wildman–Crippen LogP) is 2.94. The van der Waals surface area contributed by atoms with Crippen molar-refractivity contribution in [2.45, 2.75) is 17.9 Å². The van der Waals surface area contributed by atoms with E-state index in [0.29, 0.717) is 0 Å². The summed E-state index contributed by atoms with van der Waals surface area (Å²) in [6.07, 6.45) is 4.70.